The van der Waals surface area contributed by atoms with Crippen LogP contribution < -0.4 is 9.46 Å². The zero-order chi connectivity index (χ0) is 18.6. The summed E-state index contributed by atoms with van der Waals surface area (Å²) in [4.78, 5) is 3.35. The Morgan fingerprint density at radius 3 is 2.23 bits per heavy atom. The lowest BCUT2D eigenvalue weighted by molar-refractivity contribution is 0.417. The number of nitrogens with one attached hydrogen (secondary N) is 1. The van der Waals surface area contributed by atoms with Gasteiger partial charge in [0.25, 0.3) is 10.0 Å². The van der Waals surface area contributed by atoms with Crippen LogP contribution in [0.2, 0.25) is 0 Å². The summed E-state index contributed by atoms with van der Waals surface area (Å²) in [6.07, 6.45) is 0. The van der Waals surface area contributed by atoms with Crippen molar-refractivity contribution >= 4 is 21.4 Å². The average molecular weight is 364 g/mol. The molecule has 0 heterocycles. The van der Waals surface area contributed by atoms with E-state index in [4.69, 9.17) is 11.3 Å². The number of hydrogen-bond donors (Lipinski definition) is 1. The van der Waals surface area contributed by atoms with E-state index in [0.29, 0.717) is 17.1 Å². The van der Waals surface area contributed by atoms with Crippen LogP contribution in [0.1, 0.15) is 0 Å². The lowest BCUT2D eigenvalue weighted by Gasteiger charge is -2.14. The van der Waals surface area contributed by atoms with Crippen LogP contribution in [0.4, 0.5) is 11.4 Å². The summed E-state index contributed by atoms with van der Waals surface area (Å²) in [5, 5.41) is 0. The minimum atomic E-state index is -3.80. The van der Waals surface area contributed by atoms with Crippen molar-refractivity contribution in [1.29, 1.82) is 0 Å². The smallest absolute Gasteiger partial charge is 0.261 e. The lowest BCUT2D eigenvalue weighted by atomic mass is 10.1. The summed E-state index contributed by atoms with van der Waals surface area (Å²) < 4.78 is 33.2. The van der Waals surface area contributed by atoms with E-state index in [2.05, 4.69) is 9.57 Å². The monoisotopic (exact) mass is 364 g/mol. The highest BCUT2D eigenvalue weighted by molar-refractivity contribution is 7.92. The highest BCUT2D eigenvalue weighted by Crippen LogP contribution is 2.32. The van der Waals surface area contributed by atoms with Crippen molar-refractivity contribution in [2.75, 3.05) is 11.8 Å². The molecule has 0 aliphatic carbocycles. The first-order valence-corrected chi connectivity index (χ1v) is 9.25. The van der Waals surface area contributed by atoms with E-state index in [1.165, 1.54) is 31.4 Å². The molecule has 0 spiro atoms. The van der Waals surface area contributed by atoms with Gasteiger partial charge in [-0.05, 0) is 23.3 Å². The SMILES string of the molecule is [C-]#[N+]c1ccc(S(=O)(=O)Nc2cc(-c3ccccc3)ccc2OC)cc1. The molecule has 3 aromatic carbocycles. The number of hydrogen-bond acceptors (Lipinski definition) is 3. The van der Waals surface area contributed by atoms with Crippen LogP contribution in [-0.4, -0.2) is 15.5 Å². The highest BCUT2D eigenvalue weighted by Gasteiger charge is 2.17. The van der Waals surface area contributed by atoms with E-state index in [1.54, 1.807) is 12.1 Å². The molecule has 0 bridgehead atoms. The topological polar surface area (TPSA) is 59.8 Å². The number of methoxy groups -OCH3 is 1. The predicted molar refractivity (Wildman–Crippen MR) is 102 cm³/mol. The molecule has 0 aromatic heterocycles. The number of ether oxygens (including phenoxy) is 1. The largest absolute Gasteiger partial charge is 0.495 e. The third-order valence-electron chi connectivity index (χ3n) is 3.83. The summed E-state index contributed by atoms with van der Waals surface area (Å²) in [7, 11) is -2.32. The number of nitrogens with zero attached hydrogens (tertiary/aromatic N) is 1. The minimum absolute atomic E-state index is 0.0806. The van der Waals surface area contributed by atoms with Gasteiger partial charge in [-0.3, -0.25) is 4.72 Å². The maximum atomic E-state index is 12.7. The van der Waals surface area contributed by atoms with Crippen LogP contribution in [0.25, 0.3) is 16.0 Å². The molecule has 130 valence electrons. The molecular weight excluding hydrogens is 348 g/mol. The lowest BCUT2D eigenvalue weighted by Crippen LogP contribution is -2.13. The van der Waals surface area contributed by atoms with Crippen molar-refractivity contribution < 1.29 is 13.2 Å². The van der Waals surface area contributed by atoms with Gasteiger partial charge in [0.15, 0.2) is 5.69 Å². The number of benzene rings is 3. The third kappa shape index (κ3) is 3.68. The first-order valence-electron chi connectivity index (χ1n) is 7.77. The van der Waals surface area contributed by atoms with Crippen molar-refractivity contribution in [2.24, 2.45) is 0 Å². The Hall–Kier alpha value is -3.30. The summed E-state index contributed by atoms with van der Waals surface area (Å²) in [6, 6.07) is 20.7. The molecule has 5 nitrogen and oxygen atoms in total. The normalized spacial score (nSPS) is 10.8. The second-order valence-electron chi connectivity index (χ2n) is 5.49. The Kier molecular flexibility index (Phi) is 4.92. The molecule has 26 heavy (non-hydrogen) atoms. The second-order valence-corrected chi connectivity index (χ2v) is 7.17. The van der Waals surface area contributed by atoms with E-state index in [1.807, 2.05) is 36.4 Å². The van der Waals surface area contributed by atoms with Crippen LogP contribution in [0, 0.1) is 6.57 Å². The summed E-state index contributed by atoms with van der Waals surface area (Å²) in [6.45, 7) is 6.95. The highest BCUT2D eigenvalue weighted by atomic mass is 32.2. The van der Waals surface area contributed by atoms with E-state index in [9.17, 15) is 8.42 Å². The van der Waals surface area contributed by atoms with Gasteiger partial charge in [0.2, 0.25) is 0 Å². The van der Waals surface area contributed by atoms with Gasteiger partial charge in [-0.1, -0.05) is 60.7 Å². The van der Waals surface area contributed by atoms with E-state index < -0.39 is 10.0 Å². The molecule has 1 N–H and O–H groups in total. The maximum Gasteiger partial charge on any atom is 0.261 e. The second kappa shape index (κ2) is 7.30. The Bertz CT molecular complexity index is 1050. The fourth-order valence-corrected chi connectivity index (χ4v) is 3.56. The fourth-order valence-electron chi connectivity index (χ4n) is 2.50. The van der Waals surface area contributed by atoms with Crippen LogP contribution in [0.3, 0.4) is 0 Å². The average Bonchev–Trinajstić information content (AvgIpc) is 2.68. The maximum absolute atomic E-state index is 12.7. The van der Waals surface area contributed by atoms with E-state index in [0.717, 1.165) is 11.1 Å². The van der Waals surface area contributed by atoms with Crippen molar-refractivity contribution in [1.82, 2.24) is 0 Å². The van der Waals surface area contributed by atoms with Gasteiger partial charge in [0.1, 0.15) is 5.75 Å². The minimum Gasteiger partial charge on any atom is -0.495 e. The number of rotatable bonds is 5. The summed E-state index contributed by atoms with van der Waals surface area (Å²) >= 11 is 0. The molecule has 3 aromatic rings. The van der Waals surface area contributed by atoms with Crippen LogP contribution in [0.5, 0.6) is 5.75 Å². The van der Waals surface area contributed by atoms with Crippen molar-refractivity contribution in [3.63, 3.8) is 0 Å². The van der Waals surface area contributed by atoms with Gasteiger partial charge in [-0.15, -0.1) is 0 Å². The Morgan fingerprint density at radius 1 is 0.923 bits per heavy atom. The standard InChI is InChI=1S/C20H16N2O3S/c1-21-17-9-11-18(12-10-17)26(23,24)22-19-14-16(8-13-20(19)25-2)15-6-4-3-5-7-15/h3-14,22H,2H3. The molecule has 6 heteroatoms. The zero-order valence-electron chi connectivity index (χ0n) is 14.0. The van der Waals surface area contributed by atoms with Gasteiger partial charge >= 0.3 is 0 Å². The van der Waals surface area contributed by atoms with Crippen LogP contribution >= 0.6 is 0 Å². The molecular formula is C20H16N2O3S. The number of anilines is 1. The van der Waals surface area contributed by atoms with Crippen LogP contribution in [-0.2, 0) is 10.0 Å². The van der Waals surface area contributed by atoms with Crippen molar-refractivity contribution in [3.05, 3.63) is 84.2 Å². The van der Waals surface area contributed by atoms with Gasteiger partial charge in [-0.25, -0.2) is 13.3 Å². The third-order valence-corrected chi connectivity index (χ3v) is 5.21. The molecule has 0 unspecified atom stereocenters. The molecule has 0 saturated heterocycles. The van der Waals surface area contributed by atoms with Crippen LogP contribution in [0.15, 0.2) is 77.7 Å². The quantitative estimate of drug-likeness (QED) is 0.667. The Labute approximate surface area is 152 Å². The van der Waals surface area contributed by atoms with Gasteiger partial charge in [0.05, 0.1) is 24.3 Å². The molecule has 0 amide bonds. The molecule has 0 aliphatic heterocycles. The summed E-state index contributed by atoms with van der Waals surface area (Å²) in [5.41, 5.74) is 2.57. The molecule has 0 aliphatic rings. The fraction of sp³-hybridized carbons (Fsp3) is 0.0500. The van der Waals surface area contributed by atoms with Gasteiger partial charge < -0.3 is 4.74 Å². The first kappa shape index (κ1) is 17.5. The zero-order valence-corrected chi connectivity index (χ0v) is 14.8. The van der Waals surface area contributed by atoms with Gasteiger partial charge in [-0.2, -0.15) is 0 Å². The molecule has 0 saturated carbocycles. The Morgan fingerprint density at radius 2 is 1.62 bits per heavy atom. The van der Waals surface area contributed by atoms with Crippen molar-refractivity contribution in [2.45, 2.75) is 4.90 Å². The van der Waals surface area contributed by atoms with E-state index >= 15 is 0 Å². The van der Waals surface area contributed by atoms with Gasteiger partial charge in [0, 0.05) is 0 Å². The molecule has 0 atom stereocenters. The molecule has 3 rings (SSSR count). The van der Waals surface area contributed by atoms with E-state index in [-0.39, 0.29) is 4.90 Å². The molecule has 0 radical (unpaired) electrons. The molecule has 0 fully saturated rings. The van der Waals surface area contributed by atoms with Crippen molar-refractivity contribution in [3.8, 4) is 16.9 Å². The Balaban J connectivity index is 1.98. The predicted octanol–water partition coefficient (Wildman–Crippen LogP) is 4.71. The number of sulfonamides is 1. The summed E-state index contributed by atoms with van der Waals surface area (Å²) in [5.74, 6) is 0.422. The first-order chi connectivity index (χ1) is 12.5.